The van der Waals surface area contributed by atoms with Gasteiger partial charge in [0.1, 0.15) is 0 Å². The van der Waals surface area contributed by atoms with Crippen LogP contribution in [0.4, 0.5) is 13.2 Å². The van der Waals surface area contributed by atoms with E-state index in [9.17, 15) is 22.8 Å². The van der Waals surface area contributed by atoms with Crippen LogP contribution in [-0.4, -0.2) is 33.7 Å². The number of ketones is 1. The van der Waals surface area contributed by atoms with Gasteiger partial charge in [-0.15, -0.1) is 0 Å². The van der Waals surface area contributed by atoms with Gasteiger partial charge in [-0.25, -0.2) is 0 Å². The second-order valence-electron chi connectivity index (χ2n) is 5.24. The van der Waals surface area contributed by atoms with Crippen molar-refractivity contribution in [3.05, 3.63) is 18.0 Å². The van der Waals surface area contributed by atoms with E-state index in [0.717, 1.165) is 0 Å². The Bertz CT molecular complexity index is 539. The van der Waals surface area contributed by atoms with Crippen LogP contribution in [-0.2, 0) is 11.8 Å². The molecule has 0 unspecified atom stereocenters. The third-order valence-electron chi connectivity index (χ3n) is 3.68. The summed E-state index contributed by atoms with van der Waals surface area (Å²) in [5, 5.41) is 5.99. The largest absolute Gasteiger partial charge is 0.393 e. The molecule has 1 N–H and O–H groups in total. The van der Waals surface area contributed by atoms with Gasteiger partial charge in [-0.3, -0.25) is 14.3 Å². The monoisotopic (exact) mass is 303 g/mol. The molecule has 21 heavy (non-hydrogen) atoms. The number of alkyl halides is 3. The fraction of sp³-hybridized carbons (Fsp3) is 0.615. The predicted molar refractivity (Wildman–Crippen MR) is 67.5 cm³/mol. The van der Waals surface area contributed by atoms with Crippen LogP contribution in [0.1, 0.15) is 36.0 Å². The Labute approximate surface area is 119 Å². The first-order valence-electron chi connectivity index (χ1n) is 6.69. The fourth-order valence-corrected chi connectivity index (χ4v) is 2.60. The second kappa shape index (κ2) is 5.87. The number of nitrogens with zero attached hydrogens (tertiary/aromatic N) is 2. The number of carbonyl (C=O) groups excluding carboxylic acids is 2. The summed E-state index contributed by atoms with van der Waals surface area (Å²) in [7, 11) is 1.58. The fourth-order valence-electron chi connectivity index (χ4n) is 2.60. The van der Waals surface area contributed by atoms with Crippen LogP contribution in [0.25, 0.3) is 0 Å². The number of carbonyl (C=O) groups is 2. The van der Waals surface area contributed by atoms with Gasteiger partial charge in [-0.05, 0) is 12.8 Å². The highest BCUT2D eigenvalue weighted by Gasteiger charge is 2.46. The van der Waals surface area contributed by atoms with Gasteiger partial charge < -0.3 is 5.32 Å². The van der Waals surface area contributed by atoms with Crippen molar-refractivity contribution < 1.29 is 22.8 Å². The molecule has 5 nitrogen and oxygen atoms in total. The van der Waals surface area contributed by atoms with E-state index in [1.165, 1.54) is 17.1 Å². The maximum absolute atomic E-state index is 12.9. The molecule has 1 amide bonds. The highest BCUT2D eigenvalue weighted by molar-refractivity contribution is 6.42. The molecule has 1 aromatic rings. The van der Waals surface area contributed by atoms with Crippen molar-refractivity contribution in [3.63, 3.8) is 0 Å². The molecule has 8 heteroatoms. The Morgan fingerprint density at radius 3 is 2.57 bits per heavy atom. The normalized spacial score (nSPS) is 22.9. The number of nitrogens with one attached hydrogen (secondary N) is 1. The van der Waals surface area contributed by atoms with Gasteiger partial charge in [-0.1, -0.05) is 12.8 Å². The van der Waals surface area contributed by atoms with E-state index >= 15 is 0 Å². The van der Waals surface area contributed by atoms with E-state index < -0.39 is 29.8 Å². The molecule has 0 radical (unpaired) electrons. The zero-order chi connectivity index (χ0) is 15.6. The standard InChI is InChI=1S/C13H16F3N3O2/c1-19-7-8(6-17-19)11(20)12(21)18-10-5-3-2-4-9(10)13(14,15)16/h6-7,9-10H,2-5H2,1H3,(H,18,21)/t9-,10-/m0/s1. The molecule has 0 saturated heterocycles. The minimum Gasteiger partial charge on any atom is -0.346 e. The summed E-state index contributed by atoms with van der Waals surface area (Å²) in [6.45, 7) is 0. The number of amides is 1. The minimum atomic E-state index is -4.37. The van der Waals surface area contributed by atoms with Crippen LogP contribution in [0.15, 0.2) is 12.4 Å². The molecule has 1 aliphatic rings. The van der Waals surface area contributed by atoms with E-state index in [1.54, 1.807) is 7.05 Å². The number of aryl methyl sites for hydroxylation is 1. The van der Waals surface area contributed by atoms with Crippen LogP contribution in [0, 0.1) is 5.92 Å². The lowest BCUT2D eigenvalue weighted by molar-refractivity contribution is -0.189. The summed E-state index contributed by atoms with van der Waals surface area (Å²) in [5.41, 5.74) is 0.0642. The number of aromatic nitrogens is 2. The van der Waals surface area contributed by atoms with Crippen molar-refractivity contribution in [2.45, 2.75) is 37.9 Å². The summed E-state index contributed by atoms with van der Waals surface area (Å²) in [6, 6.07) is -1.04. The molecule has 0 spiro atoms. The van der Waals surface area contributed by atoms with E-state index in [1.807, 2.05) is 0 Å². The molecule has 116 valence electrons. The summed E-state index contributed by atoms with van der Waals surface area (Å²) in [4.78, 5) is 23.7. The van der Waals surface area contributed by atoms with Gasteiger partial charge in [0.15, 0.2) is 0 Å². The number of Topliss-reactive ketones (excluding diaryl/α,β-unsaturated/α-hetero) is 1. The van der Waals surface area contributed by atoms with Crippen molar-refractivity contribution in [1.82, 2.24) is 15.1 Å². The molecular weight excluding hydrogens is 287 g/mol. The van der Waals surface area contributed by atoms with Gasteiger partial charge in [-0.2, -0.15) is 18.3 Å². The van der Waals surface area contributed by atoms with Crippen LogP contribution in [0.5, 0.6) is 0 Å². The Morgan fingerprint density at radius 2 is 2.00 bits per heavy atom. The molecule has 1 aliphatic carbocycles. The number of hydrogen-bond acceptors (Lipinski definition) is 3. The average molecular weight is 303 g/mol. The van der Waals surface area contributed by atoms with Crippen molar-refractivity contribution in [3.8, 4) is 0 Å². The van der Waals surface area contributed by atoms with Crippen molar-refractivity contribution in [2.24, 2.45) is 13.0 Å². The topological polar surface area (TPSA) is 64.0 Å². The molecule has 1 aromatic heterocycles. The molecule has 1 saturated carbocycles. The second-order valence-corrected chi connectivity index (χ2v) is 5.24. The predicted octanol–water partition coefficient (Wildman–Crippen LogP) is 1.84. The summed E-state index contributed by atoms with van der Waals surface area (Å²) < 4.78 is 40.1. The van der Waals surface area contributed by atoms with Crippen LogP contribution < -0.4 is 5.32 Å². The lowest BCUT2D eigenvalue weighted by Crippen LogP contribution is -2.49. The van der Waals surface area contributed by atoms with Gasteiger partial charge >= 0.3 is 6.18 Å². The first-order valence-corrected chi connectivity index (χ1v) is 6.69. The van der Waals surface area contributed by atoms with Crippen molar-refractivity contribution >= 4 is 11.7 Å². The van der Waals surface area contributed by atoms with Crippen molar-refractivity contribution in [2.75, 3.05) is 0 Å². The lowest BCUT2D eigenvalue weighted by atomic mass is 9.84. The van der Waals surface area contributed by atoms with Crippen LogP contribution in [0.2, 0.25) is 0 Å². The molecule has 0 aromatic carbocycles. The molecule has 1 heterocycles. The Morgan fingerprint density at radius 1 is 1.33 bits per heavy atom. The van der Waals surface area contributed by atoms with E-state index in [0.29, 0.717) is 12.8 Å². The Balaban J connectivity index is 2.05. The van der Waals surface area contributed by atoms with Gasteiger partial charge in [0, 0.05) is 19.3 Å². The van der Waals surface area contributed by atoms with Crippen molar-refractivity contribution in [1.29, 1.82) is 0 Å². The number of hydrogen-bond donors (Lipinski definition) is 1. The quantitative estimate of drug-likeness (QED) is 0.684. The first kappa shape index (κ1) is 15.5. The Kier molecular flexibility index (Phi) is 4.34. The lowest BCUT2D eigenvalue weighted by Gasteiger charge is -2.33. The zero-order valence-corrected chi connectivity index (χ0v) is 11.5. The highest BCUT2D eigenvalue weighted by Crippen LogP contribution is 2.37. The number of halogens is 3. The first-order chi connectivity index (χ1) is 9.79. The van der Waals surface area contributed by atoms with Crippen LogP contribution >= 0.6 is 0 Å². The Hall–Kier alpha value is -1.86. The highest BCUT2D eigenvalue weighted by atomic mass is 19.4. The molecule has 2 atom stereocenters. The molecular formula is C13H16F3N3O2. The smallest absolute Gasteiger partial charge is 0.346 e. The molecule has 1 fully saturated rings. The summed E-state index contributed by atoms with van der Waals surface area (Å²) in [6.07, 6.45) is -0.499. The van der Waals surface area contributed by atoms with E-state index in [-0.39, 0.29) is 18.4 Å². The van der Waals surface area contributed by atoms with Gasteiger partial charge in [0.2, 0.25) is 0 Å². The maximum Gasteiger partial charge on any atom is 0.393 e. The van der Waals surface area contributed by atoms with Crippen LogP contribution in [0.3, 0.4) is 0 Å². The number of rotatable bonds is 3. The SMILES string of the molecule is Cn1cc(C(=O)C(=O)N[C@H]2CCCC[C@@H]2C(F)(F)F)cn1. The summed E-state index contributed by atoms with van der Waals surface area (Å²) in [5.74, 6) is -3.46. The minimum absolute atomic E-state index is 0.0183. The van der Waals surface area contributed by atoms with E-state index in [2.05, 4.69) is 10.4 Å². The summed E-state index contributed by atoms with van der Waals surface area (Å²) >= 11 is 0. The van der Waals surface area contributed by atoms with Gasteiger partial charge in [0.05, 0.1) is 17.7 Å². The third kappa shape index (κ3) is 3.62. The molecule has 2 rings (SSSR count). The molecule has 0 bridgehead atoms. The van der Waals surface area contributed by atoms with E-state index in [4.69, 9.17) is 0 Å². The van der Waals surface area contributed by atoms with Gasteiger partial charge in [0.25, 0.3) is 11.7 Å². The third-order valence-corrected chi connectivity index (χ3v) is 3.68. The maximum atomic E-state index is 12.9. The molecule has 0 aliphatic heterocycles. The zero-order valence-electron chi connectivity index (χ0n) is 11.5. The average Bonchev–Trinajstić information content (AvgIpc) is 2.84.